The van der Waals surface area contributed by atoms with Crippen molar-refractivity contribution in [2.45, 2.75) is 263 Å². The zero-order valence-electron chi connectivity index (χ0n) is 33.8. The highest BCUT2D eigenvalue weighted by Gasteiger charge is 2.26. The van der Waals surface area contributed by atoms with E-state index in [4.69, 9.17) is 0 Å². The molecule has 0 saturated carbocycles. The minimum absolute atomic E-state index is 0.153. The van der Waals surface area contributed by atoms with Gasteiger partial charge in [-0.05, 0) is 38.5 Å². The summed E-state index contributed by atoms with van der Waals surface area (Å²) in [5.41, 5.74) is 0. The molecule has 0 radical (unpaired) electrons. The fourth-order valence-electron chi connectivity index (χ4n) is 7.10. The van der Waals surface area contributed by atoms with Crippen molar-refractivity contribution in [2.24, 2.45) is 0 Å². The van der Waals surface area contributed by atoms with Crippen molar-refractivity contribution < 1.29 is 20.1 Å². The van der Waals surface area contributed by atoms with Gasteiger partial charge in [0.25, 0.3) is 0 Å². The van der Waals surface area contributed by atoms with Crippen LogP contribution < -0.4 is 5.32 Å². The fraction of sp³-hybridized carbons (Fsp3) is 0.933. The number of amides is 1. The minimum Gasteiger partial charge on any atom is -0.394 e. The minimum atomic E-state index is -1.15. The molecule has 3 atom stereocenters. The number of carbonyl (C=O) groups excluding carboxylic acids is 1. The number of carbonyl (C=O) groups is 1. The number of aliphatic hydroxyl groups is 3. The lowest BCUT2D eigenvalue weighted by Gasteiger charge is -2.26. The Morgan fingerprint density at radius 2 is 0.800 bits per heavy atom. The number of unbranched alkanes of at least 4 members (excludes halogenated alkanes) is 31. The first-order valence-electron chi connectivity index (χ1n) is 22.5. The highest BCUT2D eigenvalue weighted by Crippen LogP contribution is 2.17. The summed E-state index contributed by atoms with van der Waals surface area (Å²) in [5.74, 6) is -0.153. The number of allylic oxidation sites excluding steroid dienone is 2. The number of hydrogen-bond acceptors (Lipinski definition) is 4. The van der Waals surface area contributed by atoms with Gasteiger partial charge < -0.3 is 20.6 Å². The van der Waals surface area contributed by atoms with Gasteiger partial charge in [0, 0.05) is 6.42 Å². The van der Waals surface area contributed by atoms with Crippen LogP contribution in [0.3, 0.4) is 0 Å². The van der Waals surface area contributed by atoms with E-state index in [1.165, 1.54) is 180 Å². The van der Waals surface area contributed by atoms with Gasteiger partial charge in [0.2, 0.25) is 5.91 Å². The molecule has 0 heterocycles. The van der Waals surface area contributed by atoms with E-state index in [0.717, 1.165) is 38.5 Å². The average molecular weight is 708 g/mol. The quantitative estimate of drug-likeness (QED) is 0.0376. The lowest BCUT2D eigenvalue weighted by Crippen LogP contribution is -2.50. The molecule has 50 heavy (non-hydrogen) atoms. The summed E-state index contributed by atoms with van der Waals surface area (Å²) in [5, 5.41) is 33.2. The highest BCUT2D eigenvalue weighted by molar-refractivity contribution is 5.76. The van der Waals surface area contributed by atoms with Gasteiger partial charge in [-0.3, -0.25) is 4.79 Å². The van der Waals surface area contributed by atoms with Crippen LogP contribution in [0.15, 0.2) is 12.2 Å². The Labute approximate surface area is 312 Å². The second kappa shape index (κ2) is 40.9. The molecule has 0 aliphatic rings. The Balaban J connectivity index is 3.45. The second-order valence-electron chi connectivity index (χ2n) is 15.6. The fourth-order valence-corrected chi connectivity index (χ4v) is 7.10. The molecule has 0 aliphatic heterocycles. The maximum absolute atomic E-state index is 12.4. The maximum atomic E-state index is 12.4. The zero-order valence-corrected chi connectivity index (χ0v) is 33.8. The third-order valence-corrected chi connectivity index (χ3v) is 10.6. The van der Waals surface area contributed by atoms with Crippen LogP contribution in [0.25, 0.3) is 0 Å². The van der Waals surface area contributed by atoms with Crippen molar-refractivity contribution in [3.05, 3.63) is 12.2 Å². The van der Waals surface area contributed by atoms with Gasteiger partial charge in [-0.2, -0.15) is 0 Å². The van der Waals surface area contributed by atoms with Crippen LogP contribution in [0.1, 0.15) is 245 Å². The van der Waals surface area contributed by atoms with Crippen molar-refractivity contribution in [1.29, 1.82) is 0 Å². The summed E-state index contributed by atoms with van der Waals surface area (Å²) in [7, 11) is 0. The van der Waals surface area contributed by atoms with Crippen molar-refractivity contribution >= 4 is 5.91 Å². The van der Waals surface area contributed by atoms with E-state index < -0.39 is 18.2 Å². The summed E-state index contributed by atoms with van der Waals surface area (Å²) >= 11 is 0. The highest BCUT2D eigenvalue weighted by atomic mass is 16.3. The molecule has 0 bridgehead atoms. The third-order valence-electron chi connectivity index (χ3n) is 10.6. The summed E-state index contributed by atoms with van der Waals surface area (Å²) in [6, 6.07) is -0.819. The topological polar surface area (TPSA) is 89.8 Å². The van der Waals surface area contributed by atoms with Crippen molar-refractivity contribution in [3.63, 3.8) is 0 Å². The molecule has 0 aromatic heterocycles. The molecular weight excluding hydrogens is 618 g/mol. The van der Waals surface area contributed by atoms with Gasteiger partial charge in [0.1, 0.15) is 6.10 Å². The van der Waals surface area contributed by atoms with Crippen LogP contribution >= 0.6 is 0 Å². The Bertz CT molecular complexity index is 699. The van der Waals surface area contributed by atoms with Gasteiger partial charge in [-0.25, -0.2) is 0 Å². The monoisotopic (exact) mass is 708 g/mol. The van der Waals surface area contributed by atoms with E-state index >= 15 is 0 Å². The summed E-state index contributed by atoms with van der Waals surface area (Å²) < 4.78 is 0. The number of aliphatic hydroxyl groups excluding tert-OH is 3. The maximum Gasteiger partial charge on any atom is 0.220 e. The molecule has 0 saturated heterocycles. The van der Waals surface area contributed by atoms with Crippen molar-refractivity contribution in [3.8, 4) is 0 Å². The molecule has 0 rings (SSSR count). The molecule has 0 fully saturated rings. The smallest absolute Gasteiger partial charge is 0.220 e. The molecule has 298 valence electrons. The first kappa shape index (κ1) is 49.1. The summed E-state index contributed by atoms with van der Waals surface area (Å²) in [6.45, 7) is 4.12. The van der Waals surface area contributed by atoms with Gasteiger partial charge >= 0.3 is 0 Å². The molecule has 0 spiro atoms. The van der Waals surface area contributed by atoms with E-state index in [0.29, 0.717) is 12.8 Å². The van der Waals surface area contributed by atoms with Crippen LogP contribution in [0, 0.1) is 0 Å². The zero-order chi connectivity index (χ0) is 36.6. The van der Waals surface area contributed by atoms with Crippen molar-refractivity contribution in [1.82, 2.24) is 5.32 Å². The Morgan fingerprint density at radius 1 is 0.480 bits per heavy atom. The summed E-state index contributed by atoms with van der Waals surface area (Å²) in [6.07, 6.45) is 47.9. The van der Waals surface area contributed by atoms with Crippen molar-refractivity contribution in [2.75, 3.05) is 6.61 Å². The van der Waals surface area contributed by atoms with Crippen LogP contribution in [-0.2, 0) is 4.79 Å². The first-order chi connectivity index (χ1) is 24.6. The van der Waals surface area contributed by atoms with Gasteiger partial charge in [0.15, 0.2) is 0 Å². The van der Waals surface area contributed by atoms with Crippen LogP contribution in [0.2, 0.25) is 0 Å². The van der Waals surface area contributed by atoms with Crippen LogP contribution in [-0.4, -0.2) is 46.1 Å². The van der Waals surface area contributed by atoms with Gasteiger partial charge in [-0.15, -0.1) is 0 Å². The normalized spacial score (nSPS) is 13.6. The Morgan fingerprint density at radius 3 is 1.16 bits per heavy atom. The Hall–Kier alpha value is -0.910. The molecule has 5 heteroatoms. The van der Waals surface area contributed by atoms with E-state index in [-0.39, 0.29) is 12.5 Å². The van der Waals surface area contributed by atoms with E-state index in [1.54, 1.807) is 0 Å². The molecule has 0 aromatic rings. The number of nitrogens with one attached hydrogen (secondary N) is 1. The molecular formula is C45H89NO4. The average Bonchev–Trinajstić information content (AvgIpc) is 3.12. The molecule has 1 amide bonds. The van der Waals surface area contributed by atoms with E-state index in [9.17, 15) is 20.1 Å². The third kappa shape index (κ3) is 35.5. The molecule has 5 nitrogen and oxygen atoms in total. The number of rotatable bonds is 41. The molecule has 0 aliphatic carbocycles. The largest absolute Gasteiger partial charge is 0.394 e. The molecule has 4 N–H and O–H groups in total. The van der Waals surface area contributed by atoms with Crippen LogP contribution in [0.4, 0.5) is 0 Å². The Kier molecular flexibility index (Phi) is 40.1. The predicted molar refractivity (Wildman–Crippen MR) is 218 cm³/mol. The molecule has 0 aromatic carbocycles. The van der Waals surface area contributed by atoms with Crippen LogP contribution in [0.5, 0.6) is 0 Å². The predicted octanol–water partition coefficient (Wildman–Crippen LogP) is 12.8. The first-order valence-corrected chi connectivity index (χ1v) is 22.5. The summed E-state index contributed by atoms with van der Waals surface area (Å²) in [4.78, 5) is 12.4. The number of hydrogen-bond donors (Lipinski definition) is 4. The SMILES string of the molecule is CCCCC/C=C/CCCC(O)C(O)C(CO)NC(=O)CCCCCCCCCCCCCCCCCCCCCCCCCCCCCC. The van der Waals surface area contributed by atoms with E-state index in [1.807, 2.05) is 0 Å². The second-order valence-corrected chi connectivity index (χ2v) is 15.6. The standard InChI is InChI=1S/C45H89NO4/c1-3-5-7-9-11-13-14-15-16-17-18-19-20-21-22-23-24-25-26-27-28-29-30-31-32-34-36-38-40-44(49)46-42(41-47)45(50)43(48)39-37-35-33-12-10-8-6-4-2/h12,33,42-43,45,47-48,50H,3-11,13-32,34-41H2,1-2H3,(H,46,49)/b33-12+. The van der Waals surface area contributed by atoms with Gasteiger partial charge in [0.05, 0.1) is 18.8 Å². The van der Waals surface area contributed by atoms with Gasteiger partial charge in [-0.1, -0.05) is 212 Å². The van der Waals surface area contributed by atoms with E-state index in [2.05, 4.69) is 31.3 Å². The lowest BCUT2D eigenvalue weighted by atomic mass is 10.0. The molecule has 3 unspecified atom stereocenters. The lowest BCUT2D eigenvalue weighted by molar-refractivity contribution is -0.124.